The molecule has 0 unspecified atom stereocenters. The molecule has 0 radical (unpaired) electrons. The highest BCUT2D eigenvalue weighted by atomic mass is 32.2. The minimum absolute atomic E-state index is 0.208. The molecule has 0 amide bonds. The first-order chi connectivity index (χ1) is 9.04. The molecule has 106 valence electrons. The lowest BCUT2D eigenvalue weighted by Crippen LogP contribution is -2.28. The highest BCUT2D eigenvalue weighted by molar-refractivity contribution is 7.99. The van der Waals surface area contributed by atoms with E-state index in [1.54, 1.807) is 0 Å². The van der Waals surface area contributed by atoms with Crippen LogP contribution in [0, 0.1) is 5.41 Å². The van der Waals surface area contributed by atoms with Crippen LogP contribution in [0.1, 0.15) is 45.6 Å². The molecule has 19 heavy (non-hydrogen) atoms. The zero-order chi connectivity index (χ0) is 13.9. The van der Waals surface area contributed by atoms with Gasteiger partial charge in [0.05, 0.1) is 18.6 Å². The van der Waals surface area contributed by atoms with Crippen LogP contribution in [-0.4, -0.2) is 39.0 Å². The van der Waals surface area contributed by atoms with Gasteiger partial charge in [-0.1, -0.05) is 24.6 Å². The van der Waals surface area contributed by atoms with Gasteiger partial charge in [-0.2, -0.15) is 0 Å². The molecule has 0 N–H and O–H groups in total. The third-order valence-electron chi connectivity index (χ3n) is 3.43. The fourth-order valence-electron chi connectivity index (χ4n) is 2.24. The van der Waals surface area contributed by atoms with Crippen molar-refractivity contribution >= 4 is 17.7 Å². The van der Waals surface area contributed by atoms with E-state index in [1.807, 2.05) is 18.5 Å². The summed E-state index contributed by atoms with van der Waals surface area (Å²) >= 11 is 1.52. The number of aromatic nitrogens is 4. The molecule has 1 heterocycles. The molecule has 1 saturated carbocycles. The van der Waals surface area contributed by atoms with Crippen LogP contribution in [0.5, 0.6) is 0 Å². The van der Waals surface area contributed by atoms with Gasteiger partial charge >= 0.3 is 5.97 Å². The molecule has 1 aliphatic rings. The van der Waals surface area contributed by atoms with Crippen LogP contribution in [0.25, 0.3) is 0 Å². The Hall–Kier alpha value is -1.11. The summed E-state index contributed by atoms with van der Waals surface area (Å²) in [7, 11) is 1.41. The van der Waals surface area contributed by atoms with E-state index in [1.165, 1.54) is 31.7 Å². The highest BCUT2D eigenvalue weighted by Gasteiger charge is 2.30. The molecule has 0 bridgehead atoms. The Labute approximate surface area is 117 Å². The number of methoxy groups -OCH3 is 1. The molecule has 1 aromatic heterocycles. The van der Waals surface area contributed by atoms with Crippen LogP contribution in [0.3, 0.4) is 0 Å². The smallest absolute Gasteiger partial charge is 0.312 e. The number of tetrazole rings is 1. The van der Waals surface area contributed by atoms with Crippen molar-refractivity contribution in [2.75, 3.05) is 12.9 Å². The van der Waals surface area contributed by atoms with Crippen LogP contribution in [0.15, 0.2) is 5.16 Å². The summed E-state index contributed by atoms with van der Waals surface area (Å²) < 4.78 is 6.71. The maximum absolute atomic E-state index is 11.6. The van der Waals surface area contributed by atoms with E-state index in [-0.39, 0.29) is 5.97 Å². The predicted molar refractivity (Wildman–Crippen MR) is 71.8 cm³/mol. The molecule has 7 heteroatoms. The molecule has 0 saturated heterocycles. The lowest BCUT2D eigenvalue weighted by atomic mass is 9.97. The molecule has 1 aliphatic carbocycles. The van der Waals surface area contributed by atoms with Crippen molar-refractivity contribution in [3.63, 3.8) is 0 Å². The first-order valence-corrected chi connectivity index (χ1v) is 7.52. The topological polar surface area (TPSA) is 69.9 Å². The van der Waals surface area contributed by atoms with Crippen molar-refractivity contribution < 1.29 is 9.53 Å². The van der Waals surface area contributed by atoms with Gasteiger partial charge in [0, 0.05) is 5.75 Å². The van der Waals surface area contributed by atoms with Crippen molar-refractivity contribution in [3.8, 4) is 0 Å². The molecule has 1 aromatic rings. The Balaban J connectivity index is 2.00. The lowest BCUT2D eigenvalue weighted by molar-refractivity contribution is -0.149. The molecular weight excluding hydrogens is 264 g/mol. The largest absolute Gasteiger partial charge is 0.469 e. The Morgan fingerprint density at radius 1 is 1.47 bits per heavy atom. The Morgan fingerprint density at radius 3 is 2.79 bits per heavy atom. The van der Waals surface area contributed by atoms with Crippen LogP contribution in [0.2, 0.25) is 0 Å². The van der Waals surface area contributed by atoms with Crippen LogP contribution < -0.4 is 0 Å². The summed E-state index contributed by atoms with van der Waals surface area (Å²) in [6.07, 6.45) is 4.75. The number of carbonyl (C=O) groups excluding carboxylic acids is 1. The van der Waals surface area contributed by atoms with Gasteiger partial charge in [-0.05, 0) is 37.1 Å². The molecule has 0 spiro atoms. The third kappa shape index (κ3) is 3.26. The average Bonchev–Trinajstić information content (AvgIpc) is 3.05. The first-order valence-electron chi connectivity index (χ1n) is 6.53. The van der Waals surface area contributed by atoms with E-state index >= 15 is 0 Å². The van der Waals surface area contributed by atoms with E-state index in [4.69, 9.17) is 4.74 Å². The van der Waals surface area contributed by atoms with Gasteiger partial charge < -0.3 is 4.74 Å². The molecule has 0 aromatic carbocycles. The lowest BCUT2D eigenvalue weighted by Gasteiger charge is -2.20. The van der Waals surface area contributed by atoms with Crippen molar-refractivity contribution in [1.29, 1.82) is 0 Å². The van der Waals surface area contributed by atoms with Gasteiger partial charge in [0.2, 0.25) is 5.16 Å². The molecule has 1 fully saturated rings. The first kappa shape index (κ1) is 14.3. The minimum atomic E-state index is -0.536. The number of hydrogen-bond acceptors (Lipinski definition) is 6. The van der Waals surface area contributed by atoms with Gasteiger partial charge in [-0.25, -0.2) is 4.68 Å². The summed E-state index contributed by atoms with van der Waals surface area (Å²) in [6.45, 7) is 3.74. The van der Waals surface area contributed by atoms with E-state index in [0.717, 1.165) is 18.0 Å². The number of carbonyl (C=O) groups is 1. The van der Waals surface area contributed by atoms with Gasteiger partial charge in [0.25, 0.3) is 0 Å². The summed E-state index contributed by atoms with van der Waals surface area (Å²) in [5, 5.41) is 12.7. The zero-order valence-electron chi connectivity index (χ0n) is 11.6. The minimum Gasteiger partial charge on any atom is -0.469 e. The van der Waals surface area contributed by atoms with Crippen molar-refractivity contribution in [1.82, 2.24) is 20.2 Å². The zero-order valence-corrected chi connectivity index (χ0v) is 12.4. The summed E-state index contributed by atoms with van der Waals surface area (Å²) in [4.78, 5) is 11.6. The van der Waals surface area contributed by atoms with Crippen molar-refractivity contribution in [2.45, 2.75) is 50.7 Å². The van der Waals surface area contributed by atoms with Gasteiger partial charge in [0.15, 0.2) is 0 Å². The number of ether oxygens (including phenoxy) is 1. The van der Waals surface area contributed by atoms with Gasteiger partial charge in [-0.3, -0.25) is 4.79 Å². The number of esters is 1. The Morgan fingerprint density at radius 2 is 2.16 bits per heavy atom. The quantitative estimate of drug-likeness (QED) is 0.609. The predicted octanol–water partition coefficient (Wildman–Crippen LogP) is 2.08. The molecule has 0 aliphatic heterocycles. The molecule has 0 atom stereocenters. The summed E-state index contributed by atoms with van der Waals surface area (Å²) in [5.74, 6) is 0.396. The summed E-state index contributed by atoms with van der Waals surface area (Å²) in [6, 6.07) is 0.415. The molecular formula is C12H20N4O2S. The highest BCUT2D eigenvalue weighted by Crippen LogP contribution is 2.33. The van der Waals surface area contributed by atoms with E-state index in [9.17, 15) is 4.79 Å². The fraction of sp³-hybridized carbons (Fsp3) is 0.833. The average molecular weight is 284 g/mol. The Kier molecular flexibility index (Phi) is 4.44. The maximum atomic E-state index is 11.6. The molecule has 6 nitrogen and oxygen atoms in total. The van der Waals surface area contributed by atoms with Crippen molar-refractivity contribution in [3.05, 3.63) is 0 Å². The van der Waals surface area contributed by atoms with Crippen LogP contribution in [-0.2, 0) is 9.53 Å². The van der Waals surface area contributed by atoms with Gasteiger partial charge in [-0.15, -0.1) is 5.10 Å². The maximum Gasteiger partial charge on any atom is 0.312 e. The SMILES string of the molecule is COC(=O)C(C)(C)CSc1nnnn1C1CCCC1. The van der Waals surface area contributed by atoms with Crippen LogP contribution >= 0.6 is 11.8 Å². The van der Waals surface area contributed by atoms with Crippen molar-refractivity contribution in [2.24, 2.45) is 5.41 Å². The second kappa shape index (κ2) is 5.90. The van der Waals surface area contributed by atoms with Crippen LogP contribution in [0.4, 0.5) is 0 Å². The number of nitrogens with zero attached hydrogens (tertiary/aromatic N) is 4. The summed E-state index contributed by atoms with van der Waals surface area (Å²) in [5.41, 5.74) is -0.536. The fourth-order valence-corrected chi connectivity index (χ4v) is 3.26. The third-order valence-corrected chi connectivity index (χ3v) is 4.83. The second-order valence-corrected chi connectivity index (χ2v) is 6.45. The van der Waals surface area contributed by atoms with E-state index in [0.29, 0.717) is 11.8 Å². The second-order valence-electron chi connectivity index (χ2n) is 5.51. The standard InChI is InChI=1S/C12H20N4O2S/c1-12(2,10(17)18-3)8-19-11-13-14-15-16(11)9-6-4-5-7-9/h9H,4-8H2,1-3H3. The van der Waals surface area contributed by atoms with Gasteiger partial charge in [0.1, 0.15) is 0 Å². The monoisotopic (exact) mass is 284 g/mol. The molecule has 2 rings (SSSR count). The number of rotatable bonds is 5. The van der Waals surface area contributed by atoms with E-state index in [2.05, 4.69) is 15.5 Å². The Bertz CT molecular complexity index is 441. The number of thioether (sulfide) groups is 1. The van der Waals surface area contributed by atoms with E-state index < -0.39 is 5.41 Å². The normalized spacial score (nSPS) is 16.8. The number of hydrogen-bond donors (Lipinski definition) is 0.